The summed E-state index contributed by atoms with van der Waals surface area (Å²) in [6, 6.07) is 0. The SMILES string of the molecule is CCOC(C)n1cnc2c(NC/C=C(\C)CO)ncnc21. The highest BCUT2D eigenvalue weighted by Gasteiger charge is 2.13. The molecule has 2 rings (SSSR count). The largest absolute Gasteiger partial charge is 0.392 e. The fourth-order valence-electron chi connectivity index (χ4n) is 1.96. The first-order valence-electron chi connectivity index (χ1n) is 6.96. The Morgan fingerprint density at radius 1 is 1.48 bits per heavy atom. The van der Waals surface area contributed by atoms with E-state index >= 15 is 0 Å². The van der Waals surface area contributed by atoms with Gasteiger partial charge in [-0.25, -0.2) is 15.0 Å². The van der Waals surface area contributed by atoms with E-state index in [0.29, 0.717) is 24.5 Å². The van der Waals surface area contributed by atoms with Crippen LogP contribution in [0.5, 0.6) is 0 Å². The Bertz CT molecular complexity index is 623. The van der Waals surface area contributed by atoms with E-state index in [9.17, 15) is 0 Å². The lowest BCUT2D eigenvalue weighted by molar-refractivity contribution is 0.0272. The van der Waals surface area contributed by atoms with Crippen molar-refractivity contribution in [3.63, 3.8) is 0 Å². The Hall–Kier alpha value is -1.99. The lowest BCUT2D eigenvalue weighted by atomic mass is 10.3. The van der Waals surface area contributed by atoms with Crippen LogP contribution >= 0.6 is 0 Å². The maximum absolute atomic E-state index is 8.97. The van der Waals surface area contributed by atoms with Crippen molar-refractivity contribution in [1.82, 2.24) is 19.5 Å². The molecule has 0 radical (unpaired) electrons. The van der Waals surface area contributed by atoms with Crippen LogP contribution in [0.15, 0.2) is 24.3 Å². The Balaban J connectivity index is 2.22. The summed E-state index contributed by atoms with van der Waals surface area (Å²) in [4.78, 5) is 12.9. The molecule has 0 saturated carbocycles. The Morgan fingerprint density at radius 3 is 3.00 bits per heavy atom. The Kier molecular flexibility index (Phi) is 5.24. The van der Waals surface area contributed by atoms with Gasteiger partial charge in [0.25, 0.3) is 0 Å². The maximum Gasteiger partial charge on any atom is 0.167 e. The molecule has 21 heavy (non-hydrogen) atoms. The van der Waals surface area contributed by atoms with Crippen molar-refractivity contribution in [2.75, 3.05) is 25.1 Å². The lowest BCUT2D eigenvalue weighted by Gasteiger charge is -2.13. The highest BCUT2D eigenvalue weighted by molar-refractivity contribution is 5.82. The second kappa shape index (κ2) is 7.14. The van der Waals surface area contributed by atoms with Crippen LogP contribution in [0.1, 0.15) is 27.0 Å². The van der Waals surface area contributed by atoms with Crippen molar-refractivity contribution in [2.45, 2.75) is 27.0 Å². The van der Waals surface area contributed by atoms with Gasteiger partial charge in [-0.1, -0.05) is 11.6 Å². The molecule has 7 heteroatoms. The van der Waals surface area contributed by atoms with E-state index in [1.165, 1.54) is 6.33 Å². The van der Waals surface area contributed by atoms with Crippen molar-refractivity contribution in [3.05, 3.63) is 24.3 Å². The van der Waals surface area contributed by atoms with Crippen LogP contribution in [0.4, 0.5) is 5.82 Å². The minimum Gasteiger partial charge on any atom is -0.392 e. The number of nitrogens with one attached hydrogen (secondary N) is 1. The third kappa shape index (κ3) is 3.56. The molecule has 2 N–H and O–H groups in total. The summed E-state index contributed by atoms with van der Waals surface area (Å²) in [6.07, 6.45) is 5.00. The third-order valence-electron chi connectivity index (χ3n) is 3.13. The first-order chi connectivity index (χ1) is 10.2. The standard InChI is InChI=1S/C14H21N5O2/c1-4-21-11(3)19-9-18-12-13(16-8-17-14(12)19)15-6-5-10(2)7-20/h5,8-9,11,20H,4,6-7H2,1-3H3,(H,15,16,17)/b10-5+. The summed E-state index contributed by atoms with van der Waals surface area (Å²) >= 11 is 0. The summed E-state index contributed by atoms with van der Waals surface area (Å²) < 4.78 is 7.44. The van der Waals surface area contributed by atoms with Gasteiger partial charge >= 0.3 is 0 Å². The zero-order valence-electron chi connectivity index (χ0n) is 12.6. The Morgan fingerprint density at radius 2 is 2.29 bits per heavy atom. The molecule has 0 fully saturated rings. The molecule has 0 saturated heterocycles. The van der Waals surface area contributed by atoms with Crippen LogP contribution < -0.4 is 5.32 Å². The van der Waals surface area contributed by atoms with E-state index in [2.05, 4.69) is 20.3 Å². The van der Waals surface area contributed by atoms with E-state index in [1.807, 2.05) is 31.4 Å². The highest BCUT2D eigenvalue weighted by atomic mass is 16.5. The van der Waals surface area contributed by atoms with Crippen molar-refractivity contribution in [3.8, 4) is 0 Å². The van der Waals surface area contributed by atoms with Gasteiger partial charge in [0.2, 0.25) is 0 Å². The van der Waals surface area contributed by atoms with Crippen molar-refractivity contribution < 1.29 is 9.84 Å². The maximum atomic E-state index is 8.97. The number of aromatic nitrogens is 4. The van der Waals surface area contributed by atoms with Gasteiger partial charge < -0.3 is 15.2 Å². The second-order valence-electron chi connectivity index (χ2n) is 4.69. The number of ether oxygens (including phenoxy) is 1. The van der Waals surface area contributed by atoms with Gasteiger partial charge in [-0.2, -0.15) is 0 Å². The van der Waals surface area contributed by atoms with Crippen LogP contribution in [0.2, 0.25) is 0 Å². The van der Waals surface area contributed by atoms with Gasteiger partial charge in [-0.3, -0.25) is 4.57 Å². The molecule has 1 unspecified atom stereocenters. The fraction of sp³-hybridized carbons (Fsp3) is 0.500. The number of fused-ring (bicyclic) bond motifs is 1. The number of nitrogens with zero attached hydrogens (tertiary/aromatic N) is 4. The molecule has 0 spiro atoms. The van der Waals surface area contributed by atoms with E-state index in [0.717, 1.165) is 11.2 Å². The molecule has 0 aliphatic rings. The fourth-order valence-corrected chi connectivity index (χ4v) is 1.96. The molecule has 0 aliphatic heterocycles. The van der Waals surface area contributed by atoms with Gasteiger partial charge in [0.05, 0.1) is 12.9 Å². The number of hydrogen-bond donors (Lipinski definition) is 2. The molecule has 2 heterocycles. The zero-order valence-corrected chi connectivity index (χ0v) is 12.6. The molecule has 2 aromatic rings. The Labute approximate surface area is 123 Å². The quantitative estimate of drug-likeness (QED) is 0.756. The summed E-state index contributed by atoms with van der Waals surface area (Å²) in [5.41, 5.74) is 2.35. The molecule has 0 amide bonds. The van der Waals surface area contributed by atoms with Crippen molar-refractivity contribution in [2.24, 2.45) is 0 Å². The summed E-state index contributed by atoms with van der Waals surface area (Å²) in [5, 5.41) is 12.1. The summed E-state index contributed by atoms with van der Waals surface area (Å²) in [6.45, 7) is 7.03. The first-order valence-corrected chi connectivity index (χ1v) is 6.96. The lowest BCUT2D eigenvalue weighted by Crippen LogP contribution is -2.09. The molecule has 1 atom stereocenters. The average Bonchev–Trinajstić information content (AvgIpc) is 2.92. The van der Waals surface area contributed by atoms with Gasteiger partial charge in [0, 0.05) is 13.2 Å². The normalized spacial score (nSPS) is 13.6. The smallest absolute Gasteiger partial charge is 0.167 e. The predicted octanol–water partition coefficient (Wildman–Crippen LogP) is 1.73. The van der Waals surface area contributed by atoms with Gasteiger partial charge in [0.15, 0.2) is 17.0 Å². The topological polar surface area (TPSA) is 85.1 Å². The minimum absolute atomic E-state index is 0.0569. The van der Waals surface area contributed by atoms with Gasteiger partial charge in [0.1, 0.15) is 12.6 Å². The molecular weight excluding hydrogens is 270 g/mol. The van der Waals surface area contributed by atoms with E-state index in [4.69, 9.17) is 9.84 Å². The number of aliphatic hydroxyl groups is 1. The highest BCUT2D eigenvalue weighted by Crippen LogP contribution is 2.20. The zero-order chi connectivity index (χ0) is 15.2. The average molecular weight is 291 g/mol. The predicted molar refractivity (Wildman–Crippen MR) is 81.0 cm³/mol. The van der Waals surface area contributed by atoms with E-state index < -0.39 is 0 Å². The van der Waals surface area contributed by atoms with Gasteiger partial charge in [-0.05, 0) is 20.8 Å². The molecule has 0 aromatic carbocycles. The number of hydrogen-bond acceptors (Lipinski definition) is 6. The van der Waals surface area contributed by atoms with E-state index in [-0.39, 0.29) is 12.8 Å². The molecule has 0 aliphatic carbocycles. The van der Waals surface area contributed by atoms with Crippen LogP contribution in [0.25, 0.3) is 11.2 Å². The number of anilines is 1. The molecular formula is C14H21N5O2. The number of aliphatic hydroxyl groups excluding tert-OH is 1. The summed E-state index contributed by atoms with van der Waals surface area (Å²) in [5.74, 6) is 0.671. The summed E-state index contributed by atoms with van der Waals surface area (Å²) in [7, 11) is 0. The van der Waals surface area contributed by atoms with Crippen molar-refractivity contribution in [1.29, 1.82) is 0 Å². The molecule has 7 nitrogen and oxygen atoms in total. The van der Waals surface area contributed by atoms with Gasteiger partial charge in [-0.15, -0.1) is 0 Å². The van der Waals surface area contributed by atoms with Crippen molar-refractivity contribution >= 4 is 17.0 Å². The van der Waals surface area contributed by atoms with Crippen LogP contribution in [-0.2, 0) is 4.74 Å². The number of imidazole rings is 1. The van der Waals surface area contributed by atoms with Crippen LogP contribution in [0.3, 0.4) is 0 Å². The van der Waals surface area contributed by atoms with Crippen LogP contribution in [-0.4, -0.2) is 44.4 Å². The molecule has 2 aromatic heterocycles. The van der Waals surface area contributed by atoms with E-state index in [1.54, 1.807) is 6.33 Å². The monoisotopic (exact) mass is 291 g/mol. The minimum atomic E-state index is -0.126. The van der Waals surface area contributed by atoms with Crippen LogP contribution in [0, 0.1) is 0 Å². The molecule has 114 valence electrons. The first kappa shape index (κ1) is 15.4. The second-order valence-corrected chi connectivity index (χ2v) is 4.69. The number of rotatable bonds is 7. The molecule has 0 bridgehead atoms. The third-order valence-corrected chi connectivity index (χ3v) is 3.13.